The van der Waals surface area contributed by atoms with Crippen LogP contribution in [0, 0.1) is 0 Å². The van der Waals surface area contributed by atoms with Crippen LogP contribution in [0.1, 0.15) is 23.5 Å². The molecule has 0 aromatic carbocycles. The molecule has 1 heterocycles. The van der Waals surface area contributed by atoms with E-state index in [1.807, 2.05) is 13.8 Å². The fraction of sp³-hybridized carbons (Fsp3) is 0.400. The highest BCUT2D eigenvalue weighted by atomic mass is 32.2. The number of carbonyl (C=O) groups is 2. The lowest BCUT2D eigenvalue weighted by atomic mass is 10.5. The van der Waals surface area contributed by atoms with Crippen molar-refractivity contribution in [2.45, 2.75) is 19.1 Å². The minimum Gasteiger partial charge on any atom is -0.477 e. The molecule has 0 unspecified atom stereocenters. The Labute approximate surface area is 102 Å². The van der Waals surface area contributed by atoms with Gasteiger partial charge in [-0.2, -0.15) is 0 Å². The lowest BCUT2D eigenvalue weighted by Gasteiger charge is -2.04. The molecule has 0 bridgehead atoms. The summed E-state index contributed by atoms with van der Waals surface area (Å²) < 4.78 is 0. The van der Waals surface area contributed by atoms with Gasteiger partial charge >= 0.3 is 5.97 Å². The third-order valence-electron chi connectivity index (χ3n) is 1.63. The number of carbonyl (C=O) groups excluding carboxylic acids is 1. The van der Waals surface area contributed by atoms with Crippen LogP contribution < -0.4 is 5.32 Å². The molecule has 4 nitrogen and oxygen atoms in total. The number of thiophene rings is 1. The Morgan fingerprint density at radius 2 is 2.19 bits per heavy atom. The average molecular weight is 259 g/mol. The summed E-state index contributed by atoms with van der Waals surface area (Å²) in [5, 5.41) is 12.4. The van der Waals surface area contributed by atoms with Gasteiger partial charge in [0.05, 0.1) is 10.8 Å². The number of amides is 1. The first-order valence-corrected chi connectivity index (χ1v) is 6.60. The van der Waals surface area contributed by atoms with E-state index in [4.69, 9.17) is 5.11 Å². The summed E-state index contributed by atoms with van der Waals surface area (Å²) in [7, 11) is 0. The molecule has 1 aromatic heterocycles. The maximum Gasteiger partial charge on any atom is 0.345 e. The highest BCUT2D eigenvalue weighted by Gasteiger charge is 2.09. The Bertz CT molecular complexity index is 387. The molecule has 0 fully saturated rings. The van der Waals surface area contributed by atoms with Crippen LogP contribution in [0.5, 0.6) is 0 Å². The van der Waals surface area contributed by atoms with Gasteiger partial charge in [0, 0.05) is 0 Å². The summed E-state index contributed by atoms with van der Waals surface area (Å²) in [5.74, 6) is -0.683. The van der Waals surface area contributed by atoms with E-state index in [9.17, 15) is 9.59 Å². The second-order valence-corrected chi connectivity index (χ2v) is 6.03. The largest absolute Gasteiger partial charge is 0.477 e. The van der Waals surface area contributed by atoms with E-state index in [2.05, 4.69) is 5.32 Å². The Hall–Kier alpha value is -1.01. The molecule has 2 N–H and O–H groups in total. The van der Waals surface area contributed by atoms with Gasteiger partial charge in [-0.05, 0) is 17.4 Å². The number of nitrogens with one attached hydrogen (secondary N) is 1. The zero-order valence-electron chi connectivity index (χ0n) is 9.02. The molecule has 0 spiro atoms. The summed E-state index contributed by atoms with van der Waals surface area (Å²) in [6.07, 6.45) is 0. The van der Waals surface area contributed by atoms with Gasteiger partial charge in [-0.25, -0.2) is 4.79 Å². The van der Waals surface area contributed by atoms with E-state index in [-0.39, 0.29) is 10.8 Å². The van der Waals surface area contributed by atoms with Crippen molar-refractivity contribution < 1.29 is 14.7 Å². The first kappa shape index (κ1) is 13.1. The summed E-state index contributed by atoms with van der Waals surface area (Å²) in [5.41, 5.74) is 0. The molecule has 0 aliphatic heterocycles. The van der Waals surface area contributed by atoms with Gasteiger partial charge in [0.15, 0.2) is 0 Å². The molecule has 1 amide bonds. The SMILES string of the molecule is CC(C)SCC(=O)Nc1ccc(C(=O)O)s1. The predicted molar refractivity (Wildman–Crippen MR) is 67.5 cm³/mol. The fourth-order valence-electron chi connectivity index (χ4n) is 0.936. The van der Waals surface area contributed by atoms with Crippen LogP contribution >= 0.6 is 23.1 Å². The summed E-state index contributed by atoms with van der Waals surface area (Å²) in [4.78, 5) is 22.3. The quantitative estimate of drug-likeness (QED) is 0.852. The van der Waals surface area contributed by atoms with E-state index >= 15 is 0 Å². The first-order valence-electron chi connectivity index (χ1n) is 4.73. The Morgan fingerprint density at radius 3 is 2.69 bits per heavy atom. The van der Waals surface area contributed by atoms with Crippen molar-refractivity contribution >= 4 is 40.0 Å². The summed E-state index contributed by atoms with van der Waals surface area (Å²) >= 11 is 2.61. The number of thioether (sulfide) groups is 1. The second kappa shape index (κ2) is 5.91. The molecule has 88 valence electrons. The molecular formula is C10H13NO3S2. The van der Waals surface area contributed by atoms with Crippen molar-refractivity contribution in [2.75, 3.05) is 11.1 Å². The van der Waals surface area contributed by atoms with E-state index in [0.717, 1.165) is 11.3 Å². The molecule has 0 saturated carbocycles. The number of anilines is 1. The molecule has 0 aliphatic carbocycles. The van der Waals surface area contributed by atoms with E-state index < -0.39 is 5.97 Å². The maximum absolute atomic E-state index is 11.4. The molecular weight excluding hydrogens is 246 g/mol. The van der Waals surface area contributed by atoms with Crippen LogP contribution in [0.2, 0.25) is 0 Å². The lowest BCUT2D eigenvalue weighted by Crippen LogP contribution is -2.14. The lowest BCUT2D eigenvalue weighted by molar-refractivity contribution is -0.113. The third kappa shape index (κ3) is 4.24. The van der Waals surface area contributed by atoms with Crippen molar-refractivity contribution in [3.8, 4) is 0 Å². The molecule has 16 heavy (non-hydrogen) atoms. The molecule has 0 saturated heterocycles. The van der Waals surface area contributed by atoms with Crippen LogP contribution in [0.25, 0.3) is 0 Å². The van der Waals surface area contributed by atoms with Crippen LogP contribution in [-0.2, 0) is 4.79 Å². The highest BCUT2D eigenvalue weighted by Crippen LogP contribution is 2.22. The Kier molecular flexibility index (Phi) is 4.82. The standard InChI is InChI=1S/C10H13NO3S2/c1-6(2)15-5-8(12)11-9-4-3-7(16-9)10(13)14/h3-4,6H,5H2,1-2H3,(H,11,12)(H,13,14). The normalized spacial score (nSPS) is 10.4. The van der Waals surface area contributed by atoms with E-state index in [1.165, 1.54) is 6.07 Å². The fourth-order valence-corrected chi connectivity index (χ4v) is 2.25. The number of aromatic carboxylic acids is 1. The van der Waals surface area contributed by atoms with Gasteiger partial charge in [-0.15, -0.1) is 23.1 Å². The number of carboxylic acid groups (broad SMARTS) is 1. The van der Waals surface area contributed by atoms with Crippen LogP contribution in [-0.4, -0.2) is 28.0 Å². The topological polar surface area (TPSA) is 66.4 Å². The summed E-state index contributed by atoms with van der Waals surface area (Å²) in [6, 6.07) is 3.09. The zero-order valence-corrected chi connectivity index (χ0v) is 10.7. The van der Waals surface area contributed by atoms with Crippen molar-refractivity contribution in [3.63, 3.8) is 0 Å². The van der Waals surface area contributed by atoms with Gasteiger partial charge < -0.3 is 10.4 Å². The van der Waals surface area contributed by atoms with Crippen LogP contribution in [0.4, 0.5) is 5.00 Å². The number of rotatable bonds is 5. The van der Waals surface area contributed by atoms with Gasteiger partial charge in [-0.1, -0.05) is 13.8 Å². The zero-order chi connectivity index (χ0) is 12.1. The molecule has 0 aliphatic rings. The predicted octanol–water partition coefficient (Wildman–Crippen LogP) is 2.53. The minimum atomic E-state index is -0.970. The van der Waals surface area contributed by atoms with E-state index in [1.54, 1.807) is 17.8 Å². The number of carboxylic acids is 1. The number of hydrogen-bond donors (Lipinski definition) is 2. The van der Waals surface area contributed by atoms with Crippen molar-refractivity contribution in [1.29, 1.82) is 0 Å². The monoisotopic (exact) mass is 259 g/mol. The molecule has 0 radical (unpaired) electrons. The van der Waals surface area contributed by atoms with Crippen LogP contribution in [0.3, 0.4) is 0 Å². The number of hydrogen-bond acceptors (Lipinski definition) is 4. The third-order valence-corrected chi connectivity index (χ3v) is 3.71. The maximum atomic E-state index is 11.4. The van der Waals surface area contributed by atoms with Crippen LogP contribution in [0.15, 0.2) is 12.1 Å². The minimum absolute atomic E-state index is 0.0995. The molecule has 1 rings (SSSR count). The van der Waals surface area contributed by atoms with Gasteiger partial charge in [0.2, 0.25) is 5.91 Å². The van der Waals surface area contributed by atoms with Crippen molar-refractivity contribution in [3.05, 3.63) is 17.0 Å². The molecule has 6 heteroatoms. The van der Waals surface area contributed by atoms with Gasteiger partial charge in [0.1, 0.15) is 4.88 Å². The van der Waals surface area contributed by atoms with Crippen molar-refractivity contribution in [2.24, 2.45) is 0 Å². The smallest absolute Gasteiger partial charge is 0.345 e. The Balaban J connectivity index is 2.46. The second-order valence-electron chi connectivity index (χ2n) is 3.38. The summed E-state index contributed by atoms with van der Waals surface area (Å²) in [6.45, 7) is 4.04. The Morgan fingerprint density at radius 1 is 1.50 bits per heavy atom. The van der Waals surface area contributed by atoms with E-state index in [0.29, 0.717) is 16.0 Å². The van der Waals surface area contributed by atoms with Gasteiger partial charge in [0.25, 0.3) is 0 Å². The molecule has 1 aromatic rings. The van der Waals surface area contributed by atoms with Crippen molar-refractivity contribution in [1.82, 2.24) is 0 Å². The first-order chi connectivity index (χ1) is 7.49. The van der Waals surface area contributed by atoms with Gasteiger partial charge in [-0.3, -0.25) is 4.79 Å². The average Bonchev–Trinajstić information content (AvgIpc) is 2.63. The highest BCUT2D eigenvalue weighted by molar-refractivity contribution is 8.00. The molecule has 0 atom stereocenters.